The molecule has 0 radical (unpaired) electrons. The second kappa shape index (κ2) is 6.75. The van der Waals surface area contributed by atoms with Crippen LogP contribution in [0, 0.1) is 5.41 Å². The van der Waals surface area contributed by atoms with E-state index in [1.807, 2.05) is 23.1 Å². The molecule has 3 unspecified atom stereocenters. The summed E-state index contributed by atoms with van der Waals surface area (Å²) in [6, 6.07) is 10.2. The summed E-state index contributed by atoms with van der Waals surface area (Å²) >= 11 is 3.75. The molecule has 3 saturated heterocycles. The van der Waals surface area contributed by atoms with Crippen molar-refractivity contribution in [2.75, 3.05) is 26.2 Å². The van der Waals surface area contributed by atoms with Crippen molar-refractivity contribution in [3.63, 3.8) is 0 Å². The third-order valence-electron chi connectivity index (χ3n) is 5.92. The van der Waals surface area contributed by atoms with Gasteiger partial charge in [-0.05, 0) is 36.8 Å². The van der Waals surface area contributed by atoms with Crippen LogP contribution in [0.25, 0.3) is 0 Å². The Morgan fingerprint density at radius 2 is 1.88 bits per heavy atom. The van der Waals surface area contributed by atoms with Crippen molar-refractivity contribution in [2.45, 2.75) is 36.2 Å². The Kier molecular flexibility index (Phi) is 4.64. The van der Waals surface area contributed by atoms with Gasteiger partial charge in [-0.3, -0.25) is 4.79 Å². The second-order valence-corrected chi connectivity index (χ2v) is 8.41. The van der Waals surface area contributed by atoms with Gasteiger partial charge in [-0.25, -0.2) is 10.9 Å². The van der Waals surface area contributed by atoms with Gasteiger partial charge in [0.2, 0.25) is 5.91 Å². The topological polar surface area (TPSA) is 56.4 Å². The maximum absolute atomic E-state index is 13.0. The van der Waals surface area contributed by atoms with Crippen molar-refractivity contribution in [3.05, 3.63) is 35.9 Å². The Bertz CT molecular complexity index is 580. The summed E-state index contributed by atoms with van der Waals surface area (Å²) in [5.74, 6) is 0.212. The first-order valence-corrected chi connectivity index (χ1v) is 9.80. The molecule has 6 heteroatoms. The first kappa shape index (κ1) is 16.5. The van der Waals surface area contributed by atoms with Gasteiger partial charge in [0.05, 0.1) is 10.9 Å². The zero-order chi connectivity index (χ0) is 16.6. The number of alkyl halides is 1. The minimum Gasteiger partial charge on any atom is -0.341 e. The minimum absolute atomic E-state index is 0.0523. The highest BCUT2D eigenvalue weighted by molar-refractivity contribution is 9.09. The van der Waals surface area contributed by atoms with Crippen molar-refractivity contribution < 1.29 is 4.79 Å². The van der Waals surface area contributed by atoms with Crippen LogP contribution in [0.15, 0.2) is 30.3 Å². The zero-order valence-electron chi connectivity index (χ0n) is 13.8. The molecule has 4 rings (SSSR count). The number of likely N-dealkylation sites (tertiary alicyclic amines) is 1. The van der Waals surface area contributed by atoms with Crippen LogP contribution in [-0.2, 0) is 4.79 Å². The van der Waals surface area contributed by atoms with E-state index in [-0.39, 0.29) is 22.8 Å². The van der Waals surface area contributed by atoms with E-state index in [1.54, 1.807) is 0 Å². The summed E-state index contributed by atoms with van der Waals surface area (Å²) in [5, 5.41) is 3.48. The average molecular weight is 393 g/mol. The quantitative estimate of drug-likeness (QED) is 0.668. The summed E-state index contributed by atoms with van der Waals surface area (Å²) in [6.07, 6.45) is 3.51. The van der Waals surface area contributed by atoms with E-state index in [0.717, 1.165) is 39.0 Å². The predicted octanol–water partition coefficient (Wildman–Crippen LogP) is 1.57. The number of nitrogens with one attached hydrogen (secondary N) is 3. The highest BCUT2D eigenvalue weighted by Gasteiger charge is 2.44. The number of hydrazine groups is 1. The van der Waals surface area contributed by atoms with E-state index in [4.69, 9.17) is 0 Å². The van der Waals surface area contributed by atoms with Crippen LogP contribution in [0.4, 0.5) is 0 Å². The number of hydrogen-bond donors (Lipinski definition) is 3. The Morgan fingerprint density at radius 3 is 2.54 bits per heavy atom. The molecule has 130 valence electrons. The van der Waals surface area contributed by atoms with Crippen LogP contribution in [0.5, 0.6) is 0 Å². The van der Waals surface area contributed by atoms with E-state index < -0.39 is 0 Å². The second-order valence-electron chi connectivity index (χ2n) is 7.35. The molecule has 24 heavy (non-hydrogen) atoms. The molecule has 0 aliphatic carbocycles. The van der Waals surface area contributed by atoms with Crippen molar-refractivity contribution in [1.82, 2.24) is 21.1 Å². The van der Waals surface area contributed by atoms with Crippen LogP contribution in [-0.4, -0.2) is 47.9 Å². The van der Waals surface area contributed by atoms with E-state index in [2.05, 4.69) is 44.2 Å². The molecule has 0 saturated carbocycles. The Hall–Kier alpha value is -0.950. The lowest BCUT2D eigenvalue weighted by atomic mass is 9.77. The smallest absolute Gasteiger partial charge is 0.242 e. The summed E-state index contributed by atoms with van der Waals surface area (Å²) in [7, 11) is 0. The van der Waals surface area contributed by atoms with Gasteiger partial charge in [0.1, 0.15) is 6.04 Å². The molecule has 1 aromatic rings. The van der Waals surface area contributed by atoms with E-state index >= 15 is 0 Å². The highest BCUT2D eigenvalue weighted by Crippen LogP contribution is 2.37. The monoisotopic (exact) mass is 392 g/mol. The molecular weight excluding hydrogens is 368 g/mol. The van der Waals surface area contributed by atoms with Crippen molar-refractivity contribution in [2.24, 2.45) is 5.41 Å². The lowest BCUT2D eigenvalue weighted by molar-refractivity contribution is -0.135. The Balaban J connectivity index is 1.39. The van der Waals surface area contributed by atoms with Crippen molar-refractivity contribution >= 4 is 21.8 Å². The number of hydrogen-bond acceptors (Lipinski definition) is 4. The van der Waals surface area contributed by atoms with Gasteiger partial charge in [0.15, 0.2) is 0 Å². The van der Waals surface area contributed by atoms with Crippen LogP contribution in [0.2, 0.25) is 0 Å². The molecule has 5 nitrogen and oxygen atoms in total. The summed E-state index contributed by atoms with van der Waals surface area (Å²) in [5.41, 5.74) is 8.13. The van der Waals surface area contributed by atoms with Crippen LogP contribution in [0.3, 0.4) is 0 Å². The SMILES string of the molecule is O=C(C1NNC(c2ccccc2)C1Br)N1CCC2(CCNC2)CC1. The maximum Gasteiger partial charge on any atom is 0.242 e. The van der Waals surface area contributed by atoms with Gasteiger partial charge in [-0.1, -0.05) is 46.3 Å². The van der Waals surface area contributed by atoms with Gasteiger partial charge in [-0.15, -0.1) is 0 Å². The lowest BCUT2D eigenvalue weighted by Crippen LogP contribution is -2.52. The first-order valence-electron chi connectivity index (χ1n) is 8.88. The van der Waals surface area contributed by atoms with E-state index in [1.165, 1.54) is 12.0 Å². The fourth-order valence-electron chi connectivity index (χ4n) is 4.28. The standard InChI is InChI=1S/C18H25BrN4O/c19-14-15(13-4-2-1-3-5-13)21-22-16(14)17(24)23-10-7-18(8-11-23)6-9-20-12-18/h1-5,14-16,20-22H,6-12H2. The third kappa shape index (κ3) is 3.01. The Labute approximate surface area is 151 Å². The normalized spacial score (nSPS) is 32.4. The van der Waals surface area contributed by atoms with E-state index in [9.17, 15) is 4.79 Å². The number of nitrogens with zero attached hydrogens (tertiary/aromatic N) is 1. The van der Waals surface area contributed by atoms with Crippen molar-refractivity contribution in [3.8, 4) is 0 Å². The molecule has 1 aromatic carbocycles. The molecule has 3 aliphatic rings. The lowest BCUT2D eigenvalue weighted by Gasteiger charge is -2.40. The highest BCUT2D eigenvalue weighted by atomic mass is 79.9. The average Bonchev–Trinajstić information content (AvgIpc) is 3.23. The number of piperidine rings is 1. The summed E-state index contributed by atoms with van der Waals surface area (Å²) in [4.78, 5) is 15.1. The maximum atomic E-state index is 13.0. The number of rotatable bonds is 2. The number of amides is 1. The molecule has 3 fully saturated rings. The fourth-order valence-corrected chi connectivity index (χ4v) is 5.07. The van der Waals surface area contributed by atoms with Crippen LogP contribution in [0.1, 0.15) is 30.9 Å². The molecule has 1 amide bonds. The zero-order valence-corrected chi connectivity index (χ0v) is 15.4. The number of carbonyl (C=O) groups is 1. The fraction of sp³-hybridized carbons (Fsp3) is 0.611. The number of benzene rings is 1. The van der Waals surface area contributed by atoms with Gasteiger partial charge in [0.25, 0.3) is 0 Å². The minimum atomic E-state index is -0.217. The molecule has 3 atom stereocenters. The van der Waals surface area contributed by atoms with Crippen molar-refractivity contribution in [1.29, 1.82) is 0 Å². The number of halogens is 1. The molecule has 3 aliphatic heterocycles. The summed E-state index contributed by atoms with van der Waals surface area (Å²) < 4.78 is 0. The van der Waals surface area contributed by atoms with Gasteiger partial charge in [-0.2, -0.15) is 0 Å². The molecule has 3 N–H and O–H groups in total. The first-order chi connectivity index (χ1) is 11.7. The van der Waals surface area contributed by atoms with Gasteiger partial charge >= 0.3 is 0 Å². The van der Waals surface area contributed by atoms with Crippen LogP contribution < -0.4 is 16.2 Å². The molecule has 0 aromatic heterocycles. The molecular formula is C18H25BrN4O. The third-order valence-corrected chi connectivity index (χ3v) is 6.98. The number of carbonyl (C=O) groups excluding carboxylic acids is 1. The molecule has 3 heterocycles. The van der Waals surface area contributed by atoms with E-state index in [0.29, 0.717) is 5.41 Å². The largest absolute Gasteiger partial charge is 0.341 e. The molecule has 0 bridgehead atoms. The molecule has 1 spiro atoms. The van der Waals surface area contributed by atoms with Gasteiger partial charge < -0.3 is 10.2 Å². The van der Waals surface area contributed by atoms with Crippen LogP contribution >= 0.6 is 15.9 Å². The summed E-state index contributed by atoms with van der Waals surface area (Å²) in [6.45, 7) is 4.02. The van der Waals surface area contributed by atoms with Gasteiger partial charge in [0, 0.05) is 19.6 Å². The predicted molar refractivity (Wildman–Crippen MR) is 97.7 cm³/mol. The Morgan fingerprint density at radius 1 is 1.12 bits per heavy atom.